The molecular formula is C14H23N3S. The molecule has 2 saturated heterocycles. The molecule has 2 aliphatic rings. The Bertz CT molecular complexity index is 389. The zero-order valence-corrected chi connectivity index (χ0v) is 12.0. The van der Waals surface area contributed by atoms with Gasteiger partial charge < -0.3 is 5.73 Å². The van der Waals surface area contributed by atoms with Crippen molar-refractivity contribution < 1.29 is 0 Å². The van der Waals surface area contributed by atoms with Crippen molar-refractivity contribution in [3.05, 3.63) is 16.1 Å². The molecule has 0 aromatic carbocycles. The predicted octanol–water partition coefficient (Wildman–Crippen LogP) is 2.34. The summed E-state index contributed by atoms with van der Waals surface area (Å²) < 4.78 is 0. The van der Waals surface area contributed by atoms with Crippen molar-refractivity contribution in [3.63, 3.8) is 0 Å². The van der Waals surface area contributed by atoms with Gasteiger partial charge in [0.25, 0.3) is 0 Å². The van der Waals surface area contributed by atoms with Gasteiger partial charge in [0.15, 0.2) is 0 Å². The van der Waals surface area contributed by atoms with Crippen LogP contribution in [0, 0.1) is 6.92 Å². The number of hydrogen-bond donors (Lipinski definition) is 1. The Morgan fingerprint density at radius 3 is 2.72 bits per heavy atom. The number of fused-ring (bicyclic) bond motifs is 2. The SMILES string of the molecule is Cc1nc(CCN2C3CCCC2CC(N)C3)cs1. The average Bonchev–Trinajstić information content (AvgIpc) is 2.72. The highest BCUT2D eigenvalue weighted by atomic mass is 32.1. The molecule has 100 valence electrons. The highest BCUT2D eigenvalue weighted by Gasteiger charge is 2.36. The maximum absolute atomic E-state index is 6.16. The molecule has 18 heavy (non-hydrogen) atoms. The van der Waals surface area contributed by atoms with Gasteiger partial charge in [-0.25, -0.2) is 4.98 Å². The van der Waals surface area contributed by atoms with Crippen molar-refractivity contribution >= 4 is 11.3 Å². The topological polar surface area (TPSA) is 42.2 Å². The largest absolute Gasteiger partial charge is 0.328 e. The van der Waals surface area contributed by atoms with Crippen LogP contribution in [0.4, 0.5) is 0 Å². The summed E-state index contributed by atoms with van der Waals surface area (Å²) >= 11 is 1.76. The van der Waals surface area contributed by atoms with Crippen LogP contribution in [-0.4, -0.2) is 34.6 Å². The van der Waals surface area contributed by atoms with E-state index in [4.69, 9.17) is 5.73 Å². The van der Waals surface area contributed by atoms with Crippen LogP contribution in [0.3, 0.4) is 0 Å². The first kappa shape index (κ1) is 12.6. The maximum atomic E-state index is 6.16. The summed E-state index contributed by atoms with van der Waals surface area (Å²) in [7, 11) is 0. The van der Waals surface area contributed by atoms with Gasteiger partial charge in [-0.2, -0.15) is 0 Å². The molecule has 0 aliphatic carbocycles. The lowest BCUT2D eigenvalue weighted by atomic mass is 9.82. The highest BCUT2D eigenvalue weighted by Crippen LogP contribution is 2.33. The van der Waals surface area contributed by atoms with Gasteiger partial charge in [-0.3, -0.25) is 4.90 Å². The molecule has 4 heteroatoms. The molecule has 1 aromatic rings. The van der Waals surface area contributed by atoms with Crippen LogP contribution < -0.4 is 5.73 Å². The van der Waals surface area contributed by atoms with Crippen molar-refractivity contribution in [2.45, 2.75) is 63.6 Å². The van der Waals surface area contributed by atoms with Gasteiger partial charge in [-0.1, -0.05) is 6.42 Å². The predicted molar refractivity (Wildman–Crippen MR) is 75.9 cm³/mol. The van der Waals surface area contributed by atoms with E-state index in [1.54, 1.807) is 11.3 Å². The number of thiazole rings is 1. The summed E-state index contributed by atoms with van der Waals surface area (Å²) in [5.74, 6) is 0. The number of hydrogen-bond acceptors (Lipinski definition) is 4. The molecule has 2 bridgehead atoms. The molecule has 3 rings (SSSR count). The Morgan fingerprint density at radius 1 is 1.39 bits per heavy atom. The fraction of sp³-hybridized carbons (Fsp3) is 0.786. The van der Waals surface area contributed by atoms with Crippen LogP contribution in [0.15, 0.2) is 5.38 Å². The lowest BCUT2D eigenvalue weighted by Crippen LogP contribution is -2.55. The smallest absolute Gasteiger partial charge is 0.0897 e. The lowest BCUT2D eigenvalue weighted by molar-refractivity contribution is 0.0326. The minimum Gasteiger partial charge on any atom is -0.328 e. The van der Waals surface area contributed by atoms with Gasteiger partial charge in [-0.05, 0) is 32.6 Å². The second-order valence-corrected chi connectivity index (χ2v) is 6.88. The van der Waals surface area contributed by atoms with E-state index >= 15 is 0 Å². The maximum Gasteiger partial charge on any atom is 0.0897 e. The molecule has 1 aromatic heterocycles. The number of rotatable bonds is 3. The van der Waals surface area contributed by atoms with Crippen molar-refractivity contribution in [2.24, 2.45) is 5.73 Å². The fourth-order valence-corrected chi connectivity index (χ4v) is 4.30. The Hall–Kier alpha value is -0.450. The monoisotopic (exact) mass is 265 g/mol. The van der Waals surface area contributed by atoms with Crippen molar-refractivity contribution in [3.8, 4) is 0 Å². The van der Waals surface area contributed by atoms with E-state index in [1.807, 2.05) is 0 Å². The van der Waals surface area contributed by atoms with Crippen LogP contribution in [0.2, 0.25) is 0 Å². The van der Waals surface area contributed by atoms with Crippen molar-refractivity contribution in [2.75, 3.05) is 6.54 Å². The summed E-state index contributed by atoms with van der Waals surface area (Å²) in [5, 5.41) is 3.40. The van der Waals surface area contributed by atoms with Gasteiger partial charge in [0.1, 0.15) is 0 Å². The minimum absolute atomic E-state index is 0.443. The molecule has 2 unspecified atom stereocenters. The Morgan fingerprint density at radius 2 is 2.11 bits per heavy atom. The lowest BCUT2D eigenvalue weighted by Gasteiger charge is -2.48. The molecule has 0 radical (unpaired) electrons. The first-order chi connectivity index (χ1) is 8.72. The third-order valence-electron chi connectivity index (χ3n) is 4.46. The molecule has 3 nitrogen and oxygen atoms in total. The number of nitrogens with zero attached hydrogens (tertiary/aromatic N) is 2. The second kappa shape index (κ2) is 5.27. The third kappa shape index (κ3) is 2.60. The van der Waals surface area contributed by atoms with Gasteiger partial charge in [0.05, 0.1) is 10.7 Å². The first-order valence-corrected chi connectivity index (χ1v) is 8.02. The van der Waals surface area contributed by atoms with E-state index in [2.05, 4.69) is 22.2 Å². The molecular weight excluding hydrogens is 242 g/mol. The van der Waals surface area contributed by atoms with E-state index < -0.39 is 0 Å². The first-order valence-electron chi connectivity index (χ1n) is 7.14. The Kier molecular flexibility index (Phi) is 3.68. The number of aromatic nitrogens is 1. The van der Waals surface area contributed by atoms with E-state index in [0.717, 1.165) is 18.5 Å². The number of nitrogens with two attached hydrogens (primary N) is 1. The number of piperidine rings is 2. The van der Waals surface area contributed by atoms with Crippen molar-refractivity contribution in [1.82, 2.24) is 9.88 Å². The zero-order valence-electron chi connectivity index (χ0n) is 11.1. The van der Waals surface area contributed by atoms with E-state index in [1.165, 1.54) is 49.4 Å². The second-order valence-electron chi connectivity index (χ2n) is 5.82. The quantitative estimate of drug-likeness (QED) is 0.912. The minimum atomic E-state index is 0.443. The highest BCUT2D eigenvalue weighted by molar-refractivity contribution is 7.09. The summed E-state index contributed by atoms with van der Waals surface area (Å²) in [6.45, 7) is 3.26. The van der Waals surface area contributed by atoms with Crippen LogP contribution >= 0.6 is 11.3 Å². The summed E-state index contributed by atoms with van der Waals surface area (Å²) in [4.78, 5) is 7.29. The molecule has 2 N–H and O–H groups in total. The van der Waals surface area contributed by atoms with Gasteiger partial charge >= 0.3 is 0 Å². The van der Waals surface area contributed by atoms with E-state index in [9.17, 15) is 0 Å². The molecule has 2 fully saturated rings. The average molecular weight is 265 g/mol. The molecule has 3 heterocycles. The van der Waals surface area contributed by atoms with Crippen LogP contribution in [0.25, 0.3) is 0 Å². The summed E-state index contributed by atoms with van der Waals surface area (Å²) in [5.41, 5.74) is 7.43. The van der Waals surface area contributed by atoms with Crippen LogP contribution in [0.1, 0.15) is 42.8 Å². The molecule has 0 saturated carbocycles. The third-order valence-corrected chi connectivity index (χ3v) is 5.28. The van der Waals surface area contributed by atoms with E-state index in [0.29, 0.717) is 6.04 Å². The Labute approximate surface area is 113 Å². The normalized spacial score (nSPS) is 32.7. The number of aryl methyl sites for hydroxylation is 1. The van der Waals surface area contributed by atoms with Crippen molar-refractivity contribution in [1.29, 1.82) is 0 Å². The zero-order chi connectivity index (χ0) is 12.5. The summed E-state index contributed by atoms with van der Waals surface area (Å²) in [6.07, 6.45) is 7.60. The van der Waals surface area contributed by atoms with Gasteiger partial charge in [0, 0.05) is 36.5 Å². The van der Waals surface area contributed by atoms with Crippen LogP contribution in [-0.2, 0) is 6.42 Å². The molecule has 2 atom stereocenters. The van der Waals surface area contributed by atoms with Gasteiger partial charge in [-0.15, -0.1) is 11.3 Å². The standard InChI is InChI=1S/C14H23N3S/c1-10-16-12(9-18-10)5-6-17-13-3-2-4-14(17)8-11(15)7-13/h9,11,13-14H,2-8,15H2,1H3. The van der Waals surface area contributed by atoms with E-state index in [-0.39, 0.29) is 0 Å². The molecule has 2 aliphatic heterocycles. The van der Waals surface area contributed by atoms with Crippen LogP contribution in [0.5, 0.6) is 0 Å². The molecule has 0 spiro atoms. The Balaban J connectivity index is 1.61. The summed E-state index contributed by atoms with van der Waals surface area (Å²) in [6, 6.07) is 1.93. The molecule has 0 amide bonds. The van der Waals surface area contributed by atoms with Gasteiger partial charge in [0.2, 0.25) is 0 Å². The fourth-order valence-electron chi connectivity index (χ4n) is 3.65.